The van der Waals surface area contributed by atoms with Gasteiger partial charge in [-0.05, 0) is 32.9 Å². The van der Waals surface area contributed by atoms with Crippen LogP contribution in [0.3, 0.4) is 0 Å². The highest BCUT2D eigenvalue weighted by Gasteiger charge is 2.34. The number of rotatable bonds is 5. The van der Waals surface area contributed by atoms with E-state index in [0.717, 1.165) is 19.0 Å². The predicted octanol–water partition coefficient (Wildman–Crippen LogP) is 2.85. The third-order valence-corrected chi connectivity index (χ3v) is 2.76. The minimum absolute atomic E-state index is 0.0796. The van der Waals surface area contributed by atoms with Gasteiger partial charge in [0.05, 0.1) is 6.04 Å². The van der Waals surface area contributed by atoms with E-state index >= 15 is 0 Å². The number of hydrogen-bond donors (Lipinski definition) is 1. The van der Waals surface area contributed by atoms with Crippen molar-refractivity contribution in [3.63, 3.8) is 0 Å². The quantitative estimate of drug-likeness (QED) is 0.869. The SMILES string of the molecule is CCCNC(C)C(C)n1ccc(C(F)(F)F)n1. The van der Waals surface area contributed by atoms with E-state index in [4.69, 9.17) is 0 Å². The van der Waals surface area contributed by atoms with E-state index in [2.05, 4.69) is 10.4 Å². The molecule has 2 unspecified atom stereocenters. The summed E-state index contributed by atoms with van der Waals surface area (Å²) in [5, 5.41) is 6.80. The molecule has 6 heteroatoms. The first kappa shape index (κ1) is 14.0. The molecule has 0 aliphatic heterocycles. The second-order valence-electron chi connectivity index (χ2n) is 4.16. The summed E-state index contributed by atoms with van der Waals surface area (Å²) >= 11 is 0. The molecule has 0 amide bonds. The Bertz CT molecular complexity index is 346. The lowest BCUT2D eigenvalue weighted by Gasteiger charge is -2.21. The van der Waals surface area contributed by atoms with Gasteiger partial charge in [0.25, 0.3) is 0 Å². The van der Waals surface area contributed by atoms with Crippen LogP contribution in [0.15, 0.2) is 12.3 Å². The first-order valence-electron chi connectivity index (χ1n) is 5.72. The lowest BCUT2D eigenvalue weighted by molar-refractivity contribution is -0.141. The number of hydrogen-bond acceptors (Lipinski definition) is 2. The fraction of sp³-hybridized carbons (Fsp3) is 0.727. The van der Waals surface area contributed by atoms with Crippen molar-refractivity contribution in [1.82, 2.24) is 15.1 Å². The molecule has 0 radical (unpaired) electrons. The Labute approximate surface area is 99.0 Å². The number of aromatic nitrogens is 2. The third-order valence-electron chi connectivity index (χ3n) is 2.76. The molecule has 2 atom stereocenters. The normalized spacial score (nSPS) is 15.9. The van der Waals surface area contributed by atoms with Gasteiger partial charge in [-0.25, -0.2) is 0 Å². The average Bonchev–Trinajstić information content (AvgIpc) is 2.73. The summed E-state index contributed by atoms with van der Waals surface area (Å²) in [4.78, 5) is 0. The van der Waals surface area contributed by atoms with Crippen molar-refractivity contribution in [3.8, 4) is 0 Å². The molecule has 0 aliphatic rings. The summed E-state index contributed by atoms with van der Waals surface area (Å²) in [7, 11) is 0. The zero-order chi connectivity index (χ0) is 13.1. The molecule has 1 rings (SSSR count). The zero-order valence-electron chi connectivity index (χ0n) is 10.3. The third kappa shape index (κ3) is 3.73. The molecule has 17 heavy (non-hydrogen) atoms. The van der Waals surface area contributed by atoms with Gasteiger partial charge in [0.2, 0.25) is 0 Å². The number of nitrogens with one attached hydrogen (secondary N) is 1. The minimum atomic E-state index is -4.37. The van der Waals surface area contributed by atoms with Crippen molar-refractivity contribution in [2.24, 2.45) is 0 Å². The Morgan fingerprint density at radius 2 is 2.06 bits per heavy atom. The van der Waals surface area contributed by atoms with Crippen LogP contribution >= 0.6 is 0 Å². The van der Waals surface area contributed by atoms with E-state index in [-0.39, 0.29) is 12.1 Å². The van der Waals surface area contributed by atoms with Crippen LogP contribution in [0.4, 0.5) is 13.2 Å². The van der Waals surface area contributed by atoms with Crippen molar-refractivity contribution in [2.75, 3.05) is 6.54 Å². The van der Waals surface area contributed by atoms with Crippen LogP contribution in [0.5, 0.6) is 0 Å². The Morgan fingerprint density at radius 1 is 1.41 bits per heavy atom. The van der Waals surface area contributed by atoms with Gasteiger partial charge in [-0.3, -0.25) is 4.68 Å². The fourth-order valence-electron chi connectivity index (χ4n) is 1.49. The van der Waals surface area contributed by atoms with Gasteiger partial charge in [-0.1, -0.05) is 6.92 Å². The van der Waals surface area contributed by atoms with E-state index in [0.29, 0.717) is 0 Å². The molecule has 1 aromatic rings. The lowest BCUT2D eigenvalue weighted by Crippen LogP contribution is -2.34. The summed E-state index contributed by atoms with van der Waals surface area (Å²) in [6, 6.07) is 0.969. The van der Waals surface area contributed by atoms with E-state index in [9.17, 15) is 13.2 Å². The first-order valence-corrected chi connectivity index (χ1v) is 5.72. The summed E-state index contributed by atoms with van der Waals surface area (Å²) < 4.78 is 38.5. The van der Waals surface area contributed by atoms with E-state index in [1.165, 1.54) is 10.9 Å². The monoisotopic (exact) mass is 249 g/mol. The molecule has 0 bridgehead atoms. The van der Waals surface area contributed by atoms with Gasteiger partial charge in [0.1, 0.15) is 0 Å². The highest BCUT2D eigenvalue weighted by molar-refractivity contribution is 5.04. The smallest absolute Gasteiger partial charge is 0.312 e. The second kappa shape index (κ2) is 5.53. The van der Waals surface area contributed by atoms with Crippen molar-refractivity contribution in [2.45, 2.75) is 45.5 Å². The van der Waals surface area contributed by atoms with Gasteiger partial charge in [0.15, 0.2) is 5.69 Å². The summed E-state index contributed by atoms with van der Waals surface area (Å²) in [5.41, 5.74) is -0.841. The van der Waals surface area contributed by atoms with E-state index in [1.54, 1.807) is 0 Å². The van der Waals surface area contributed by atoms with Crippen molar-refractivity contribution >= 4 is 0 Å². The van der Waals surface area contributed by atoms with Gasteiger partial charge >= 0.3 is 6.18 Å². The minimum Gasteiger partial charge on any atom is -0.312 e. The molecule has 98 valence electrons. The predicted molar refractivity (Wildman–Crippen MR) is 59.7 cm³/mol. The molecule has 0 saturated carbocycles. The second-order valence-corrected chi connectivity index (χ2v) is 4.16. The molecular formula is C11H18F3N3. The fourth-order valence-corrected chi connectivity index (χ4v) is 1.49. The summed E-state index contributed by atoms with van der Waals surface area (Å²) in [6.45, 7) is 6.68. The molecule has 0 fully saturated rings. The molecule has 3 nitrogen and oxygen atoms in total. The molecule has 0 saturated heterocycles. The van der Waals surface area contributed by atoms with Gasteiger partial charge in [-0.2, -0.15) is 18.3 Å². The Hall–Kier alpha value is -1.04. The van der Waals surface area contributed by atoms with Crippen molar-refractivity contribution in [3.05, 3.63) is 18.0 Å². The van der Waals surface area contributed by atoms with Crippen LogP contribution in [-0.2, 0) is 6.18 Å². The largest absolute Gasteiger partial charge is 0.435 e. The van der Waals surface area contributed by atoms with Crippen molar-refractivity contribution in [1.29, 1.82) is 0 Å². The zero-order valence-corrected chi connectivity index (χ0v) is 10.3. The van der Waals surface area contributed by atoms with Crippen LogP contribution in [0, 0.1) is 0 Å². The van der Waals surface area contributed by atoms with E-state index in [1.807, 2.05) is 20.8 Å². The highest BCUT2D eigenvalue weighted by atomic mass is 19.4. The van der Waals surface area contributed by atoms with Crippen molar-refractivity contribution < 1.29 is 13.2 Å². The molecule has 0 aromatic carbocycles. The Balaban J connectivity index is 2.69. The molecule has 1 heterocycles. The maximum atomic E-state index is 12.4. The highest BCUT2D eigenvalue weighted by Crippen LogP contribution is 2.28. The summed E-state index contributed by atoms with van der Waals surface area (Å²) in [5.74, 6) is 0. The summed E-state index contributed by atoms with van der Waals surface area (Å²) in [6.07, 6.45) is -2.01. The van der Waals surface area contributed by atoms with Crippen LogP contribution in [0.25, 0.3) is 0 Å². The topological polar surface area (TPSA) is 29.9 Å². The maximum Gasteiger partial charge on any atom is 0.435 e. The Kier molecular flexibility index (Phi) is 4.56. The number of halogens is 3. The molecule has 0 spiro atoms. The number of alkyl halides is 3. The van der Waals surface area contributed by atoms with Crippen LogP contribution in [-0.4, -0.2) is 22.4 Å². The van der Waals surface area contributed by atoms with Gasteiger partial charge in [0, 0.05) is 12.2 Å². The number of nitrogens with zero attached hydrogens (tertiary/aromatic N) is 2. The molecule has 1 N–H and O–H groups in total. The van der Waals surface area contributed by atoms with Crippen LogP contribution < -0.4 is 5.32 Å². The average molecular weight is 249 g/mol. The maximum absolute atomic E-state index is 12.4. The molecule has 1 aromatic heterocycles. The van der Waals surface area contributed by atoms with E-state index < -0.39 is 11.9 Å². The van der Waals surface area contributed by atoms with Crippen LogP contribution in [0.2, 0.25) is 0 Å². The Morgan fingerprint density at radius 3 is 2.53 bits per heavy atom. The first-order chi connectivity index (χ1) is 7.86. The van der Waals surface area contributed by atoms with Gasteiger partial charge < -0.3 is 5.32 Å². The molecule has 0 aliphatic carbocycles. The lowest BCUT2D eigenvalue weighted by atomic mass is 10.2. The van der Waals surface area contributed by atoms with Gasteiger partial charge in [-0.15, -0.1) is 0 Å². The molecular weight excluding hydrogens is 231 g/mol. The standard InChI is InChI=1S/C11H18F3N3/c1-4-6-15-8(2)9(3)17-7-5-10(16-17)11(12,13)14/h5,7-9,15H,4,6H2,1-3H3. The van der Waals surface area contributed by atoms with Crippen LogP contribution in [0.1, 0.15) is 38.9 Å².